The number of Topliss-reactive ketones (excluding diaryl/α,β-unsaturated/α-hetero) is 1. The van der Waals surface area contributed by atoms with E-state index in [0.717, 1.165) is 56.9 Å². The maximum atomic E-state index is 12.4. The summed E-state index contributed by atoms with van der Waals surface area (Å²) in [7, 11) is 0. The number of carbonyl (C=O) groups is 1. The number of fused-ring (bicyclic) bond motifs is 5. The predicted octanol–water partition coefficient (Wildman–Crippen LogP) is 1.19. The maximum absolute atomic E-state index is 12.4. The SMILES string of the molecule is CC(=O)C1=CC[C@H]2[C@@H]3CC[C@@H]4C[C@@H](O[C@@H]5O[C@H](CO)[C@@H](O[C@@H]6O[C@@H](C)[C@H](O)[C@@H](O)[C@H]6O)[C@H](O)[C@H]5O)CC[C@]4(C)[C@H]3CC[C@]12C. The van der Waals surface area contributed by atoms with E-state index in [1.54, 1.807) is 6.92 Å². The lowest BCUT2D eigenvalue weighted by Gasteiger charge is -2.61. The number of ether oxygens (including phenoxy) is 4. The lowest BCUT2D eigenvalue weighted by atomic mass is 9.44. The highest BCUT2D eigenvalue weighted by atomic mass is 16.7. The molecule has 2 aliphatic heterocycles. The van der Waals surface area contributed by atoms with Crippen molar-refractivity contribution in [1.29, 1.82) is 0 Å². The van der Waals surface area contributed by atoms with Crippen LogP contribution in [0.2, 0.25) is 0 Å². The maximum Gasteiger partial charge on any atom is 0.187 e. The van der Waals surface area contributed by atoms with E-state index in [0.29, 0.717) is 23.7 Å². The van der Waals surface area contributed by atoms with Gasteiger partial charge in [0.25, 0.3) is 0 Å². The van der Waals surface area contributed by atoms with Crippen LogP contribution < -0.4 is 0 Å². The van der Waals surface area contributed by atoms with E-state index >= 15 is 0 Å². The van der Waals surface area contributed by atoms with Crippen molar-refractivity contribution in [3.8, 4) is 0 Å². The smallest absolute Gasteiger partial charge is 0.187 e. The zero-order valence-corrected chi connectivity index (χ0v) is 26.3. The molecule has 0 aromatic heterocycles. The van der Waals surface area contributed by atoms with Gasteiger partial charge in [-0.3, -0.25) is 4.79 Å². The zero-order valence-electron chi connectivity index (χ0n) is 26.3. The van der Waals surface area contributed by atoms with Gasteiger partial charge in [-0.1, -0.05) is 19.9 Å². The molecule has 6 rings (SSSR count). The van der Waals surface area contributed by atoms with Crippen LogP contribution in [0.3, 0.4) is 0 Å². The minimum absolute atomic E-state index is 0.00285. The molecule has 6 aliphatic rings. The van der Waals surface area contributed by atoms with Crippen LogP contribution in [0.25, 0.3) is 0 Å². The summed E-state index contributed by atoms with van der Waals surface area (Å²) < 4.78 is 23.5. The van der Waals surface area contributed by atoms with E-state index in [2.05, 4.69) is 19.9 Å². The highest BCUT2D eigenvalue weighted by Crippen LogP contribution is 2.66. The second-order valence-corrected chi connectivity index (χ2v) is 15.0. The fraction of sp³-hybridized carbons (Fsp3) is 0.909. The minimum atomic E-state index is -1.61. The van der Waals surface area contributed by atoms with Crippen LogP contribution in [0.5, 0.6) is 0 Å². The number of aliphatic hydroxyl groups excluding tert-OH is 6. The number of ketones is 1. The summed E-state index contributed by atoms with van der Waals surface area (Å²) in [6.45, 7) is 7.42. The van der Waals surface area contributed by atoms with Crippen molar-refractivity contribution in [2.75, 3.05) is 6.61 Å². The second-order valence-electron chi connectivity index (χ2n) is 15.0. The van der Waals surface area contributed by atoms with Crippen molar-refractivity contribution in [1.82, 2.24) is 0 Å². The number of carbonyl (C=O) groups excluding carboxylic acids is 1. The summed E-state index contributed by atoms with van der Waals surface area (Å²) in [5.41, 5.74) is 1.22. The van der Waals surface area contributed by atoms with E-state index in [1.165, 1.54) is 6.92 Å². The number of rotatable bonds is 6. The van der Waals surface area contributed by atoms with E-state index in [4.69, 9.17) is 18.9 Å². The average molecular weight is 625 g/mol. The minimum Gasteiger partial charge on any atom is -0.394 e. The van der Waals surface area contributed by atoms with Gasteiger partial charge in [-0.25, -0.2) is 0 Å². The molecule has 17 atom stereocenters. The molecule has 0 radical (unpaired) electrons. The fourth-order valence-corrected chi connectivity index (χ4v) is 10.3. The molecular formula is C33H52O11. The summed E-state index contributed by atoms with van der Waals surface area (Å²) in [4.78, 5) is 12.4. The number of hydrogen-bond donors (Lipinski definition) is 6. The zero-order chi connectivity index (χ0) is 31.7. The first-order chi connectivity index (χ1) is 20.8. The van der Waals surface area contributed by atoms with Crippen LogP contribution in [-0.4, -0.2) is 111 Å². The molecule has 0 unspecified atom stereocenters. The van der Waals surface area contributed by atoms with Crippen LogP contribution >= 0.6 is 0 Å². The summed E-state index contributed by atoms with van der Waals surface area (Å²) in [6.07, 6.45) is -3.22. The molecule has 3 saturated carbocycles. The quantitative estimate of drug-likeness (QED) is 0.234. The Balaban J connectivity index is 1.08. The van der Waals surface area contributed by atoms with Gasteiger partial charge < -0.3 is 49.6 Å². The molecule has 0 aromatic carbocycles. The molecule has 2 heterocycles. The Labute approximate surface area is 259 Å². The second kappa shape index (κ2) is 12.2. The molecule has 0 bridgehead atoms. The number of hydrogen-bond acceptors (Lipinski definition) is 11. The van der Waals surface area contributed by atoms with Crippen molar-refractivity contribution in [3.05, 3.63) is 11.6 Å². The molecular weight excluding hydrogens is 572 g/mol. The Morgan fingerprint density at radius 2 is 1.59 bits per heavy atom. The lowest BCUT2D eigenvalue weighted by Crippen LogP contribution is -2.64. The van der Waals surface area contributed by atoms with Crippen molar-refractivity contribution in [2.45, 2.75) is 147 Å². The molecule has 11 heteroatoms. The summed E-state index contributed by atoms with van der Waals surface area (Å²) in [5.74, 6) is 2.42. The predicted molar refractivity (Wildman–Crippen MR) is 156 cm³/mol. The molecule has 0 aromatic rings. The standard InChI is InChI=1S/C33H52O11/c1-15(35)20-7-8-21-19-6-5-17-13-18(9-11-32(17,3)22(19)10-12-33(20,21)4)42-31-28(40)26(38)29(23(14-34)43-31)44-30-27(39)25(37)24(36)16(2)41-30/h7,16-19,21-31,34,36-40H,5-6,8-14H2,1-4H3/t16-,17+,18-,19-,21-,22-,23+,24-,25+,26+,27+,28+,29+,30-,31+,32-,33+/m0/s1. The monoisotopic (exact) mass is 624 g/mol. The first kappa shape index (κ1) is 32.9. The third kappa shape index (κ3) is 5.33. The van der Waals surface area contributed by atoms with Gasteiger partial charge in [0.2, 0.25) is 0 Å². The van der Waals surface area contributed by atoms with Gasteiger partial charge in [0, 0.05) is 0 Å². The third-order valence-corrected chi connectivity index (χ3v) is 12.8. The first-order valence-corrected chi connectivity index (χ1v) is 16.6. The van der Waals surface area contributed by atoms with Crippen molar-refractivity contribution in [2.24, 2.45) is 34.5 Å². The molecule has 11 nitrogen and oxygen atoms in total. The van der Waals surface area contributed by atoms with E-state index < -0.39 is 68.0 Å². The third-order valence-electron chi connectivity index (χ3n) is 12.8. The van der Waals surface area contributed by atoms with Gasteiger partial charge in [-0.05, 0) is 105 Å². The van der Waals surface area contributed by atoms with Crippen molar-refractivity contribution >= 4 is 5.78 Å². The van der Waals surface area contributed by atoms with Crippen LogP contribution in [0, 0.1) is 34.5 Å². The highest BCUT2D eigenvalue weighted by Gasteiger charge is 2.59. The molecule has 6 N–H and O–H groups in total. The van der Waals surface area contributed by atoms with Gasteiger partial charge in [0.15, 0.2) is 18.4 Å². The van der Waals surface area contributed by atoms with E-state index in [1.807, 2.05) is 0 Å². The van der Waals surface area contributed by atoms with Gasteiger partial charge in [0.05, 0.1) is 18.8 Å². The normalized spacial score (nSPS) is 54.1. The van der Waals surface area contributed by atoms with Crippen LogP contribution in [0.15, 0.2) is 11.6 Å². The largest absolute Gasteiger partial charge is 0.394 e. The van der Waals surface area contributed by atoms with Gasteiger partial charge in [-0.2, -0.15) is 0 Å². The summed E-state index contributed by atoms with van der Waals surface area (Å²) in [5, 5.41) is 62.6. The molecule has 2 saturated heterocycles. The Morgan fingerprint density at radius 1 is 0.886 bits per heavy atom. The molecule has 44 heavy (non-hydrogen) atoms. The van der Waals surface area contributed by atoms with Gasteiger partial charge in [0.1, 0.15) is 42.7 Å². The lowest BCUT2D eigenvalue weighted by molar-refractivity contribution is -0.361. The number of aliphatic hydroxyl groups is 6. The molecule has 5 fully saturated rings. The number of allylic oxidation sites excluding steroid dienone is 2. The van der Waals surface area contributed by atoms with Crippen LogP contribution in [0.4, 0.5) is 0 Å². The Kier molecular flexibility index (Phi) is 9.15. The van der Waals surface area contributed by atoms with Crippen molar-refractivity contribution < 1.29 is 54.4 Å². The highest BCUT2D eigenvalue weighted by molar-refractivity contribution is 5.95. The molecule has 0 amide bonds. The van der Waals surface area contributed by atoms with Crippen LogP contribution in [-0.2, 0) is 23.7 Å². The van der Waals surface area contributed by atoms with Gasteiger partial charge in [-0.15, -0.1) is 0 Å². The van der Waals surface area contributed by atoms with Crippen LogP contribution in [0.1, 0.15) is 79.1 Å². The molecule has 0 spiro atoms. The Bertz CT molecular complexity index is 1100. The molecule has 4 aliphatic carbocycles. The molecule has 250 valence electrons. The fourth-order valence-electron chi connectivity index (χ4n) is 10.3. The van der Waals surface area contributed by atoms with E-state index in [9.17, 15) is 35.4 Å². The Morgan fingerprint density at radius 3 is 2.30 bits per heavy atom. The van der Waals surface area contributed by atoms with E-state index in [-0.39, 0.29) is 22.7 Å². The first-order valence-electron chi connectivity index (χ1n) is 16.6. The topological polar surface area (TPSA) is 175 Å². The van der Waals surface area contributed by atoms with Gasteiger partial charge >= 0.3 is 0 Å². The summed E-state index contributed by atoms with van der Waals surface area (Å²) in [6, 6.07) is 0. The summed E-state index contributed by atoms with van der Waals surface area (Å²) >= 11 is 0. The average Bonchev–Trinajstić information content (AvgIpc) is 3.36. The van der Waals surface area contributed by atoms with Crippen molar-refractivity contribution in [3.63, 3.8) is 0 Å². The Hall–Kier alpha value is -0.990.